The number of amides is 2. The van der Waals surface area contributed by atoms with Gasteiger partial charge in [-0.25, -0.2) is 9.07 Å². The Morgan fingerprint density at radius 2 is 1.88 bits per heavy atom. The number of Topliss-reactive ketones (excluding diaryl/α,β-unsaturated/α-hetero) is 1. The molecule has 1 aliphatic heterocycles. The summed E-state index contributed by atoms with van der Waals surface area (Å²) in [6, 6.07) is 13.1. The Morgan fingerprint density at radius 1 is 1.09 bits per heavy atom. The zero-order valence-corrected chi connectivity index (χ0v) is 18.7. The zero-order chi connectivity index (χ0) is 23.7. The number of fused-ring (bicyclic) bond motifs is 2. The highest BCUT2D eigenvalue weighted by Gasteiger charge is 2.27. The topological polar surface area (TPSA) is 109 Å². The molecule has 172 valence electrons. The lowest BCUT2D eigenvalue weighted by Gasteiger charge is -2.11. The van der Waals surface area contributed by atoms with Crippen LogP contribution in [0.15, 0.2) is 54.7 Å². The largest absolute Gasteiger partial charge is 0.360 e. The molecule has 2 aromatic carbocycles. The first-order valence-electron chi connectivity index (χ1n) is 10.6. The fourth-order valence-corrected chi connectivity index (χ4v) is 4.90. The number of benzene rings is 2. The van der Waals surface area contributed by atoms with Gasteiger partial charge in [-0.1, -0.05) is 30.3 Å². The first kappa shape index (κ1) is 21.9. The highest BCUT2D eigenvalue weighted by atomic mass is 32.2. The van der Waals surface area contributed by atoms with E-state index in [0.717, 1.165) is 22.3 Å². The molecule has 0 saturated heterocycles. The van der Waals surface area contributed by atoms with Crippen molar-refractivity contribution in [1.29, 1.82) is 0 Å². The Kier molecular flexibility index (Phi) is 5.89. The second-order valence-electron chi connectivity index (χ2n) is 7.86. The van der Waals surface area contributed by atoms with Gasteiger partial charge in [-0.15, -0.1) is 0 Å². The molecule has 8 nitrogen and oxygen atoms in total. The molecule has 0 saturated carbocycles. The smallest absolute Gasteiger partial charge is 0.298 e. The van der Waals surface area contributed by atoms with Crippen molar-refractivity contribution < 1.29 is 18.8 Å². The van der Waals surface area contributed by atoms with Gasteiger partial charge < -0.3 is 15.6 Å². The van der Waals surface area contributed by atoms with E-state index in [1.54, 1.807) is 36.0 Å². The molecule has 10 heteroatoms. The lowest BCUT2D eigenvalue weighted by molar-refractivity contribution is -0.122. The standard InChI is InChI=1S/C24H20FN5O3S/c25-15-7-5-14(6-8-15)9-27-21(31)11-30-23(18-12-34-13-20(18)29-30)28-24(33)22(32)17-10-26-19-4-2-1-3-16(17)19/h1-8,10,26H,9,11-13H2,(H,27,31)(H,28,33). The van der Waals surface area contributed by atoms with Gasteiger partial charge in [0.25, 0.3) is 11.7 Å². The van der Waals surface area contributed by atoms with Crippen LogP contribution in [-0.4, -0.2) is 32.4 Å². The van der Waals surface area contributed by atoms with Crippen LogP contribution in [0.25, 0.3) is 10.9 Å². The molecule has 2 aromatic heterocycles. The molecule has 5 rings (SSSR count). The third-order valence-corrected chi connectivity index (χ3v) is 6.56. The number of hydrogen-bond acceptors (Lipinski definition) is 5. The third-order valence-electron chi connectivity index (χ3n) is 5.59. The molecule has 0 aliphatic carbocycles. The Labute approximate surface area is 197 Å². The number of nitrogens with zero attached hydrogens (tertiary/aromatic N) is 2. The van der Waals surface area contributed by atoms with E-state index in [1.165, 1.54) is 23.0 Å². The summed E-state index contributed by atoms with van der Waals surface area (Å²) in [5.41, 5.74) is 3.40. The summed E-state index contributed by atoms with van der Waals surface area (Å²) >= 11 is 1.65. The fourth-order valence-electron chi connectivity index (χ4n) is 3.86. The van der Waals surface area contributed by atoms with Crippen LogP contribution in [0.2, 0.25) is 0 Å². The summed E-state index contributed by atoms with van der Waals surface area (Å²) < 4.78 is 14.5. The number of anilines is 1. The molecule has 34 heavy (non-hydrogen) atoms. The van der Waals surface area contributed by atoms with Crippen molar-refractivity contribution in [2.75, 3.05) is 5.32 Å². The maximum atomic E-state index is 13.1. The molecule has 3 N–H and O–H groups in total. The minimum atomic E-state index is -0.794. The summed E-state index contributed by atoms with van der Waals surface area (Å²) in [5, 5.41) is 10.6. The third kappa shape index (κ3) is 4.32. The first-order valence-corrected chi connectivity index (χ1v) is 11.7. The average Bonchev–Trinajstić information content (AvgIpc) is 3.54. The number of halogens is 1. The lowest BCUT2D eigenvalue weighted by atomic mass is 10.1. The Morgan fingerprint density at radius 3 is 2.71 bits per heavy atom. The summed E-state index contributed by atoms with van der Waals surface area (Å²) in [5.74, 6) is -0.488. The van der Waals surface area contributed by atoms with Gasteiger partial charge in [0.15, 0.2) is 0 Å². The Balaban J connectivity index is 1.31. The van der Waals surface area contributed by atoms with Crippen molar-refractivity contribution in [2.24, 2.45) is 0 Å². The van der Waals surface area contributed by atoms with Crippen LogP contribution in [0.3, 0.4) is 0 Å². The fraction of sp³-hybridized carbons (Fsp3) is 0.167. The molecular weight excluding hydrogens is 457 g/mol. The van der Waals surface area contributed by atoms with Crippen molar-refractivity contribution in [2.45, 2.75) is 24.6 Å². The average molecular weight is 478 g/mol. The van der Waals surface area contributed by atoms with Crippen LogP contribution in [0.5, 0.6) is 0 Å². The number of ketones is 1. The molecule has 0 radical (unpaired) electrons. The van der Waals surface area contributed by atoms with Crippen LogP contribution < -0.4 is 10.6 Å². The molecule has 1 aliphatic rings. The summed E-state index contributed by atoms with van der Waals surface area (Å²) in [6.45, 7) is 0.104. The van der Waals surface area contributed by atoms with E-state index in [2.05, 4.69) is 20.7 Å². The van der Waals surface area contributed by atoms with Crippen LogP contribution in [0.4, 0.5) is 10.2 Å². The molecular formula is C24H20FN5O3S. The molecule has 4 aromatic rings. The van der Waals surface area contributed by atoms with Crippen LogP contribution in [0.1, 0.15) is 27.2 Å². The molecule has 3 heterocycles. The van der Waals surface area contributed by atoms with Crippen molar-refractivity contribution in [3.05, 3.63) is 82.9 Å². The Hall–Kier alpha value is -3.92. The maximum absolute atomic E-state index is 13.1. The molecule has 0 fully saturated rings. The highest BCUT2D eigenvalue weighted by Crippen LogP contribution is 2.34. The van der Waals surface area contributed by atoms with E-state index >= 15 is 0 Å². The summed E-state index contributed by atoms with van der Waals surface area (Å²) in [7, 11) is 0. The quantitative estimate of drug-likeness (QED) is 0.279. The number of carbonyl (C=O) groups excluding carboxylic acids is 3. The summed E-state index contributed by atoms with van der Waals surface area (Å²) in [4.78, 5) is 41.3. The number of aromatic nitrogens is 3. The van der Waals surface area contributed by atoms with Gasteiger partial charge in [-0.3, -0.25) is 14.4 Å². The van der Waals surface area contributed by atoms with Gasteiger partial charge in [0, 0.05) is 40.7 Å². The van der Waals surface area contributed by atoms with E-state index in [1.807, 2.05) is 12.1 Å². The van der Waals surface area contributed by atoms with Gasteiger partial charge in [0.2, 0.25) is 5.91 Å². The molecule has 2 amide bonds. The number of aromatic amines is 1. The lowest BCUT2D eigenvalue weighted by Crippen LogP contribution is -2.30. The predicted molar refractivity (Wildman–Crippen MR) is 127 cm³/mol. The molecule has 0 atom stereocenters. The van der Waals surface area contributed by atoms with Crippen LogP contribution in [-0.2, 0) is 34.2 Å². The van der Waals surface area contributed by atoms with Gasteiger partial charge in [-0.2, -0.15) is 16.9 Å². The first-order chi connectivity index (χ1) is 16.5. The maximum Gasteiger partial charge on any atom is 0.298 e. The molecule has 0 spiro atoms. The van der Waals surface area contributed by atoms with Gasteiger partial charge in [-0.05, 0) is 23.8 Å². The van der Waals surface area contributed by atoms with Crippen molar-refractivity contribution in [1.82, 2.24) is 20.1 Å². The number of H-pyrrole nitrogens is 1. The highest BCUT2D eigenvalue weighted by molar-refractivity contribution is 7.98. The molecule has 0 bridgehead atoms. The summed E-state index contributed by atoms with van der Waals surface area (Å²) in [6.07, 6.45) is 1.52. The van der Waals surface area contributed by atoms with E-state index in [4.69, 9.17) is 0 Å². The SMILES string of the molecule is O=C(Cn1nc2c(c1NC(=O)C(=O)c1c[nH]c3ccccc13)CSC2)NCc1ccc(F)cc1. The number of thioether (sulfide) groups is 1. The second kappa shape index (κ2) is 9.14. The van der Waals surface area contributed by atoms with Crippen LogP contribution in [0, 0.1) is 5.82 Å². The van der Waals surface area contributed by atoms with Gasteiger partial charge >= 0.3 is 0 Å². The normalized spacial score (nSPS) is 12.5. The minimum Gasteiger partial charge on any atom is -0.360 e. The predicted octanol–water partition coefficient (Wildman–Crippen LogP) is 3.39. The monoisotopic (exact) mass is 477 g/mol. The van der Waals surface area contributed by atoms with E-state index < -0.39 is 11.7 Å². The number of hydrogen-bond donors (Lipinski definition) is 3. The zero-order valence-electron chi connectivity index (χ0n) is 17.9. The van der Waals surface area contributed by atoms with Crippen molar-refractivity contribution in [3.63, 3.8) is 0 Å². The second-order valence-corrected chi connectivity index (χ2v) is 8.84. The van der Waals surface area contributed by atoms with Gasteiger partial charge in [0.1, 0.15) is 18.2 Å². The van der Waals surface area contributed by atoms with E-state index in [9.17, 15) is 18.8 Å². The van der Waals surface area contributed by atoms with E-state index in [-0.39, 0.29) is 30.4 Å². The Bertz CT molecular complexity index is 1410. The van der Waals surface area contributed by atoms with Crippen LogP contribution >= 0.6 is 11.8 Å². The minimum absolute atomic E-state index is 0.129. The number of para-hydroxylation sites is 1. The number of carbonyl (C=O) groups is 3. The van der Waals surface area contributed by atoms with Crippen molar-refractivity contribution in [3.8, 4) is 0 Å². The van der Waals surface area contributed by atoms with E-state index in [0.29, 0.717) is 22.7 Å². The molecule has 0 unspecified atom stereocenters. The number of rotatable bonds is 7. The van der Waals surface area contributed by atoms with Crippen molar-refractivity contribution >= 4 is 46.1 Å². The van der Waals surface area contributed by atoms with Gasteiger partial charge in [0.05, 0.1) is 11.3 Å². The number of nitrogens with one attached hydrogen (secondary N) is 3.